The first-order valence-corrected chi connectivity index (χ1v) is 11.9. The van der Waals surface area contributed by atoms with Crippen LogP contribution in [-0.2, 0) is 26.0 Å². The highest BCUT2D eigenvalue weighted by Gasteiger charge is 2.49. The summed E-state index contributed by atoms with van der Waals surface area (Å²) in [4.78, 5) is 22.5. The lowest BCUT2D eigenvalue weighted by Crippen LogP contribution is -2.55. The number of alkyl halides is 1. The van der Waals surface area contributed by atoms with Gasteiger partial charge >= 0.3 is 5.97 Å². The summed E-state index contributed by atoms with van der Waals surface area (Å²) in [6, 6.07) is 9.85. The number of hydrogen-bond acceptors (Lipinski definition) is 8. The predicted molar refractivity (Wildman–Crippen MR) is 120 cm³/mol. The highest BCUT2D eigenvalue weighted by Crippen LogP contribution is 2.28. The van der Waals surface area contributed by atoms with Crippen LogP contribution in [0.1, 0.15) is 31.2 Å². The quantitative estimate of drug-likeness (QED) is 0.333. The minimum absolute atomic E-state index is 0.161. The number of esters is 1. The molecule has 3 rings (SSSR count). The van der Waals surface area contributed by atoms with Crippen LogP contribution >= 0.6 is 0 Å². The van der Waals surface area contributed by atoms with E-state index in [4.69, 9.17) is 10.5 Å². The summed E-state index contributed by atoms with van der Waals surface area (Å²) in [6.45, 7) is -0.687. The summed E-state index contributed by atoms with van der Waals surface area (Å²) in [6.07, 6.45) is 8.06. The molecule has 0 saturated carbocycles. The molecule has 0 bridgehead atoms. The fraction of sp³-hybridized carbons (Fsp3) is 0.304. The van der Waals surface area contributed by atoms with Gasteiger partial charge in [-0.3, -0.25) is 19.3 Å². The highest BCUT2D eigenvalue weighted by molar-refractivity contribution is 7.93. The Labute approximate surface area is 192 Å². The van der Waals surface area contributed by atoms with Gasteiger partial charge in [-0.05, 0) is 37.0 Å². The number of nitrogens with zero attached hydrogens (tertiary/aromatic N) is 3. The van der Waals surface area contributed by atoms with Crippen molar-refractivity contribution in [2.75, 3.05) is 6.67 Å². The van der Waals surface area contributed by atoms with E-state index in [0.717, 1.165) is 11.8 Å². The Morgan fingerprint density at radius 3 is 2.39 bits per heavy atom. The molecule has 8 nitrogen and oxygen atoms in total. The number of pyridine rings is 1. The molecule has 0 fully saturated rings. The molecule has 0 spiro atoms. The van der Waals surface area contributed by atoms with Crippen molar-refractivity contribution in [1.82, 2.24) is 15.0 Å². The monoisotopic (exact) mass is 472 g/mol. The normalized spacial score (nSPS) is 13.3. The Balaban J connectivity index is 1.76. The lowest BCUT2D eigenvalue weighted by atomic mass is 10.1. The largest absolute Gasteiger partial charge is 0.459 e. The van der Waals surface area contributed by atoms with E-state index in [0.29, 0.717) is 17.7 Å². The van der Waals surface area contributed by atoms with Gasteiger partial charge in [-0.2, -0.15) is 0 Å². The van der Waals surface area contributed by atoms with Crippen LogP contribution in [0.4, 0.5) is 4.39 Å². The van der Waals surface area contributed by atoms with Gasteiger partial charge in [0.15, 0.2) is 0 Å². The van der Waals surface area contributed by atoms with Crippen molar-refractivity contribution in [1.29, 1.82) is 0 Å². The Kier molecular flexibility index (Phi) is 8.18. The Morgan fingerprint density at radius 2 is 1.76 bits per heavy atom. The van der Waals surface area contributed by atoms with Gasteiger partial charge in [0.25, 0.3) is 0 Å². The molecule has 1 unspecified atom stereocenters. The summed E-state index contributed by atoms with van der Waals surface area (Å²) in [7, 11) is -4.30. The van der Waals surface area contributed by atoms with E-state index in [1.807, 2.05) is 0 Å². The molecule has 0 amide bonds. The van der Waals surface area contributed by atoms with Gasteiger partial charge in [0, 0.05) is 30.4 Å². The molecule has 1 atom stereocenters. The van der Waals surface area contributed by atoms with E-state index in [2.05, 4.69) is 15.0 Å². The van der Waals surface area contributed by atoms with Gasteiger partial charge in [0.05, 0.1) is 23.5 Å². The van der Waals surface area contributed by atoms with Crippen LogP contribution in [0.15, 0.2) is 72.3 Å². The summed E-state index contributed by atoms with van der Waals surface area (Å²) in [5, 5.41) is 0. The van der Waals surface area contributed by atoms with E-state index in [1.54, 1.807) is 42.9 Å². The number of sulfone groups is 1. The van der Waals surface area contributed by atoms with Gasteiger partial charge < -0.3 is 10.5 Å². The van der Waals surface area contributed by atoms with Gasteiger partial charge in [-0.25, -0.2) is 13.2 Å². The second-order valence-corrected chi connectivity index (χ2v) is 9.65. The van der Waals surface area contributed by atoms with Crippen molar-refractivity contribution >= 4 is 15.8 Å². The smallest absolute Gasteiger partial charge is 0.342 e. The molecule has 2 N–H and O–H groups in total. The summed E-state index contributed by atoms with van der Waals surface area (Å²) < 4.78 is 44.2. The molecule has 0 saturated heterocycles. The Morgan fingerprint density at radius 1 is 1.00 bits per heavy atom. The number of nitrogens with two attached hydrogens (primary N) is 1. The molecular formula is C23H25FN4O4S. The van der Waals surface area contributed by atoms with Crippen molar-refractivity contribution < 1.29 is 22.3 Å². The molecule has 2 heterocycles. The van der Waals surface area contributed by atoms with E-state index in [-0.39, 0.29) is 30.8 Å². The topological polar surface area (TPSA) is 125 Å². The van der Waals surface area contributed by atoms with Crippen LogP contribution in [0, 0.1) is 0 Å². The van der Waals surface area contributed by atoms with Crippen molar-refractivity contribution in [3.05, 3.63) is 72.9 Å². The molecule has 174 valence electrons. The maximum Gasteiger partial charge on any atom is 0.342 e. The Bertz CT molecular complexity index is 1150. The second-order valence-electron chi connectivity index (χ2n) is 7.45. The molecule has 0 aliphatic heterocycles. The summed E-state index contributed by atoms with van der Waals surface area (Å²) in [5.41, 5.74) is 8.37. The van der Waals surface area contributed by atoms with Gasteiger partial charge in [0.1, 0.15) is 6.61 Å². The number of carbonyl (C=O) groups is 1. The number of unbranched alkanes of at least 4 members (excludes halogenated alkanes) is 2. The van der Waals surface area contributed by atoms with E-state index in [1.165, 1.54) is 18.3 Å². The fourth-order valence-corrected chi connectivity index (χ4v) is 4.78. The summed E-state index contributed by atoms with van der Waals surface area (Å²) >= 11 is 0. The van der Waals surface area contributed by atoms with Gasteiger partial charge in [-0.15, -0.1) is 0 Å². The van der Waals surface area contributed by atoms with Crippen LogP contribution in [0.25, 0.3) is 11.3 Å². The SMILES string of the molecule is NC(CCCCCF)(C(=O)OCc1ccc(-c2cnccn2)cc1)S(=O)(=O)c1cccnc1. The van der Waals surface area contributed by atoms with E-state index >= 15 is 0 Å². The minimum Gasteiger partial charge on any atom is -0.459 e. The van der Waals surface area contributed by atoms with Gasteiger partial charge in [0.2, 0.25) is 14.7 Å². The maximum absolute atomic E-state index is 13.2. The molecule has 0 radical (unpaired) electrons. The van der Waals surface area contributed by atoms with Crippen molar-refractivity contribution in [3.63, 3.8) is 0 Å². The number of rotatable bonds is 11. The average molecular weight is 473 g/mol. The third-order valence-electron chi connectivity index (χ3n) is 5.13. The average Bonchev–Trinajstić information content (AvgIpc) is 2.86. The van der Waals surface area contributed by atoms with Gasteiger partial charge in [-0.1, -0.05) is 30.7 Å². The zero-order valence-corrected chi connectivity index (χ0v) is 18.7. The zero-order chi connectivity index (χ0) is 23.7. The molecule has 10 heteroatoms. The van der Waals surface area contributed by atoms with Crippen molar-refractivity contribution in [3.8, 4) is 11.3 Å². The minimum atomic E-state index is -4.30. The molecule has 0 aliphatic carbocycles. The first kappa shape index (κ1) is 24.4. The number of ether oxygens (including phenoxy) is 1. The van der Waals surface area contributed by atoms with Crippen molar-refractivity contribution in [2.24, 2.45) is 5.73 Å². The molecule has 3 aromatic rings. The zero-order valence-electron chi connectivity index (χ0n) is 17.9. The maximum atomic E-state index is 13.2. The summed E-state index contributed by atoms with van der Waals surface area (Å²) in [5.74, 6) is -1.07. The number of hydrogen-bond donors (Lipinski definition) is 1. The van der Waals surface area contributed by atoms with Crippen molar-refractivity contribution in [2.45, 2.75) is 42.1 Å². The Hall–Kier alpha value is -3.24. The van der Waals surface area contributed by atoms with E-state index < -0.39 is 27.4 Å². The molecular weight excluding hydrogens is 447 g/mol. The van der Waals surface area contributed by atoms with E-state index in [9.17, 15) is 17.6 Å². The fourth-order valence-electron chi connectivity index (χ4n) is 3.21. The number of aromatic nitrogens is 3. The lowest BCUT2D eigenvalue weighted by molar-refractivity contribution is -0.148. The number of carbonyl (C=O) groups excluding carboxylic acids is 1. The predicted octanol–water partition coefficient (Wildman–Crippen LogP) is 3.24. The van der Waals surface area contributed by atoms with Crippen LogP contribution in [-0.4, -0.2) is 40.9 Å². The molecule has 0 aliphatic rings. The highest BCUT2D eigenvalue weighted by atomic mass is 32.2. The second kappa shape index (κ2) is 11.1. The standard InChI is InChI=1S/C23H25FN4O4S/c24-11-3-1-2-10-23(25,33(30,31)20-5-4-12-26-15-20)22(29)32-17-18-6-8-19(9-7-18)21-16-27-13-14-28-21/h4-9,12-16H,1-3,10-11,17,25H2. The number of halogens is 1. The van der Waals surface area contributed by atoms with Crippen LogP contribution in [0.3, 0.4) is 0 Å². The molecule has 2 aromatic heterocycles. The third-order valence-corrected chi connectivity index (χ3v) is 7.33. The number of benzene rings is 1. The first-order valence-electron chi connectivity index (χ1n) is 10.4. The van der Waals surface area contributed by atoms with Crippen LogP contribution in [0.5, 0.6) is 0 Å². The third kappa shape index (κ3) is 5.77. The first-order chi connectivity index (χ1) is 15.9. The lowest BCUT2D eigenvalue weighted by Gasteiger charge is -2.27. The molecule has 33 heavy (non-hydrogen) atoms. The van der Waals surface area contributed by atoms with Crippen LogP contribution < -0.4 is 5.73 Å². The van der Waals surface area contributed by atoms with Crippen LogP contribution in [0.2, 0.25) is 0 Å². The molecule has 1 aromatic carbocycles.